The Hall–Kier alpha value is -2.71. The standard InChI is InChI=1S/C8H7N3O6.2C2H6/c12-7(13)4-9-8-5(10(14)15)2-1-3-6(8)11(16)17;2*1-2/h1-3,9H,4H2,(H,12,13);2*1-2H3. The molecule has 0 aliphatic rings. The Morgan fingerprint density at radius 2 is 1.48 bits per heavy atom. The molecule has 0 spiro atoms. The lowest BCUT2D eigenvalue weighted by atomic mass is 10.2. The summed E-state index contributed by atoms with van der Waals surface area (Å²) in [4.78, 5) is 30.0. The fourth-order valence-electron chi connectivity index (χ4n) is 1.18. The summed E-state index contributed by atoms with van der Waals surface area (Å²) < 4.78 is 0. The van der Waals surface area contributed by atoms with Crippen LogP contribution in [0.1, 0.15) is 27.7 Å². The van der Waals surface area contributed by atoms with Crippen molar-refractivity contribution in [2.75, 3.05) is 11.9 Å². The largest absolute Gasteiger partial charge is 0.480 e. The molecule has 0 heterocycles. The van der Waals surface area contributed by atoms with Crippen LogP contribution >= 0.6 is 0 Å². The van der Waals surface area contributed by atoms with Crippen LogP contribution in [-0.2, 0) is 4.79 Å². The molecule has 0 atom stereocenters. The fraction of sp³-hybridized carbons (Fsp3) is 0.417. The summed E-state index contributed by atoms with van der Waals surface area (Å²) in [7, 11) is 0. The minimum absolute atomic E-state index is 0.412. The molecule has 1 aromatic rings. The van der Waals surface area contributed by atoms with Gasteiger partial charge < -0.3 is 10.4 Å². The van der Waals surface area contributed by atoms with E-state index < -0.39 is 39.4 Å². The highest BCUT2D eigenvalue weighted by Gasteiger charge is 2.24. The third-order valence-electron chi connectivity index (χ3n) is 1.83. The maximum atomic E-state index is 10.6. The highest BCUT2D eigenvalue weighted by Crippen LogP contribution is 2.33. The molecule has 0 saturated heterocycles. The van der Waals surface area contributed by atoms with E-state index in [1.165, 1.54) is 0 Å². The number of carboxylic acid groups (broad SMARTS) is 1. The van der Waals surface area contributed by atoms with Gasteiger partial charge in [-0.3, -0.25) is 25.0 Å². The maximum absolute atomic E-state index is 10.6. The fourth-order valence-corrected chi connectivity index (χ4v) is 1.18. The van der Waals surface area contributed by atoms with E-state index in [2.05, 4.69) is 5.32 Å². The number of rotatable bonds is 5. The first-order chi connectivity index (χ1) is 9.93. The van der Waals surface area contributed by atoms with E-state index in [9.17, 15) is 25.0 Å². The first-order valence-electron chi connectivity index (χ1n) is 6.31. The lowest BCUT2D eigenvalue weighted by molar-refractivity contribution is -0.392. The number of aliphatic carboxylic acids is 1. The zero-order valence-electron chi connectivity index (χ0n) is 12.3. The Labute approximate surface area is 121 Å². The zero-order valence-corrected chi connectivity index (χ0v) is 12.3. The maximum Gasteiger partial charge on any atom is 0.322 e. The Bertz CT molecular complexity index is 458. The molecule has 9 nitrogen and oxygen atoms in total. The Morgan fingerprint density at radius 1 is 1.10 bits per heavy atom. The second-order valence-electron chi connectivity index (χ2n) is 2.93. The molecular weight excluding hydrogens is 282 g/mol. The molecule has 9 heteroatoms. The molecular formula is C12H19N3O6. The molecule has 118 valence electrons. The van der Waals surface area contributed by atoms with E-state index in [-0.39, 0.29) is 0 Å². The van der Waals surface area contributed by atoms with Crippen molar-refractivity contribution in [1.29, 1.82) is 0 Å². The van der Waals surface area contributed by atoms with Gasteiger partial charge in [0, 0.05) is 12.1 Å². The Kier molecular flexibility index (Phi) is 10.9. The predicted molar refractivity (Wildman–Crippen MR) is 78.6 cm³/mol. The average Bonchev–Trinajstić information content (AvgIpc) is 2.48. The van der Waals surface area contributed by atoms with Crippen LogP contribution in [0.15, 0.2) is 18.2 Å². The lowest BCUT2D eigenvalue weighted by Crippen LogP contribution is -2.14. The second kappa shape index (κ2) is 11.1. The molecule has 0 aromatic heterocycles. The predicted octanol–water partition coefficient (Wildman–Crippen LogP) is 3.05. The van der Waals surface area contributed by atoms with Crippen molar-refractivity contribution in [3.05, 3.63) is 38.4 Å². The van der Waals surface area contributed by atoms with Crippen LogP contribution in [0.5, 0.6) is 0 Å². The van der Waals surface area contributed by atoms with Gasteiger partial charge in [-0.15, -0.1) is 0 Å². The molecule has 0 aliphatic carbocycles. The van der Waals surface area contributed by atoms with E-state index >= 15 is 0 Å². The molecule has 2 N–H and O–H groups in total. The number of benzene rings is 1. The molecule has 21 heavy (non-hydrogen) atoms. The molecule has 0 radical (unpaired) electrons. The molecule has 0 saturated carbocycles. The van der Waals surface area contributed by atoms with Crippen molar-refractivity contribution in [2.24, 2.45) is 0 Å². The van der Waals surface area contributed by atoms with E-state index in [4.69, 9.17) is 5.11 Å². The summed E-state index contributed by atoms with van der Waals surface area (Å²) in [5.41, 5.74) is -1.49. The highest BCUT2D eigenvalue weighted by atomic mass is 16.6. The van der Waals surface area contributed by atoms with Crippen molar-refractivity contribution in [2.45, 2.75) is 27.7 Å². The molecule has 1 rings (SSSR count). The number of carbonyl (C=O) groups is 1. The number of nitro benzene ring substituents is 2. The summed E-state index contributed by atoms with van der Waals surface area (Å²) in [5, 5.41) is 31.9. The van der Waals surface area contributed by atoms with Crippen molar-refractivity contribution < 1.29 is 19.7 Å². The number of hydrogen-bond donors (Lipinski definition) is 2. The van der Waals surface area contributed by atoms with Gasteiger partial charge in [-0.25, -0.2) is 0 Å². The lowest BCUT2D eigenvalue weighted by Gasteiger charge is -2.04. The molecule has 0 unspecified atom stereocenters. The number of anilines is 1. The van der Waals surface area contributed by atoms with Crippen LogP contribution in [0, 0.1) is 20.2 Å². The van der Waals surface area contributed by atoms with Gasteiger partial charge in [0.2, 0.25) is 0 Å². The summed E-state index contributed by atoms with van der Waals surface area (Å²) >= 11 is 0. The van der Waals surface area contributed by atoms with Crippen molar-refractivity contribution >= 4 is 23.0 Å². The minimum atomic E-state index is -1.28. The Balaban J connectivity index is 0. The van der Waals surface area contributed by atoms with Crippen LogP contribution in [-0.4, -0.2) is 27.5 Å². The Morgan fingerprint density at radius 3 is 1.76 bits per heavy atom. The summed E-state index contributed by atoms with van der Waals surface area (Å²) in [5.74, 6) is -1.28. The van der Waals surface area contributed by atoms with Crippen LogP contribution < -0.4 is 5.32 Å². The van der Waals surface area contributed by atoms with Gasteiger partial charge in [0.15, 0.2) is 5.69 Å². The van der Waals surface area contributed by atoms with E-state index in [1.807, 2.05) is 27.7 Å². The number of hydrogen-bond acceptors (Lipinski definition) is 6. The van der Waals surface area contributed by atoms with Crippen molar-refractivity contribution in [3.8, 4) is 0 Å². The van der Waals surface area contributed by atoms with Crippen LogP contribution in [0.25, 0.3) is 0 Å². The summed E-state index contributed by atoms with van der Waals surface area (Å²) in [6.07, 6.45) is 0. The number of nitrogens with one attached hydrogen (secondary N) is 1. The smallest absolute Gasteiger partial charge is 0.322 e. The number of nitrogens with zero attached hydrogens (tertiary/aromatic N) is 2. The van der Waals surface area contributed by atoms with Gasteiger partial charge in [0.25, 0.3) is 11.4 Å². The number of nitro groups is 2. The highest BCUT2D eigenvalue weighted by molar-refractivity contribution is 5.79. The van der Waals surface area contributed by atoms with E-state index in [0.717, 1.165) is 18.2 Å². The number of para-hydroxylation sites is 1. The van der Waals surface area contributed by atoms with Crippen molar-refractivity contribution in [3.63, 3.8) is 0 Å². The molecule has 0 bridgehead atoms. The first kappa shape index (κ1) is 20.6. The van der Waals surface area contributed by atoms with Crippen molar-refractivity contribution in [1.82, 2.24) is 0 Å². The SMILES string of the molecule is CC.CC.O=C(O)CNc1c([N+](=O)[O-])cccc1[N+](=O)[O-]. The van der Waals surface area contributed by atoms with Crippen LogP contribution in [0.4, 0.5) is 17.1 Å². The molecule has 0 aliphatic heterocycles. The average molecular weight is 301 g/mol. The van der Waals surface area contributed by atoms with Gasteiger partial charge in [0.05, 0.1) is 9.85 Å². The molecule has 0 fully saturated rings. The summed E-state index contributed by atoms with van der Waals surface area (Å²) in [6.45, 7) is 7.35. The molecule has 1 aromatic carbocycles. The zero-order chi connectivity index (χ0) is 17.0. The number of carboxylic acids is 1. The molecule has 0 amide bonds. The van der Waals surface area contributed by atoms with Gasteiger partial charge in [-0.05, 0) is 6.07 Å². The van der Waals surface area contributed by atoms with Crippen LogP contribution in [0.3, 0.4) is 0 Å². The van der Waals surface area contributed by atoms with E-state index in [0.29, 0.717) is 0 Å². The first-order valence-corrected chi connectivity index (χ1v) is 6.31. The normalized spacial score (nSPS) is 8.38. The third-order valence-corrected chi connectivity index (χ3v) is 1.83. The van der Waals surface area contributed by atoms with Gasteiger partial charge in [-0.2, -0.15) is 0 Å². The quantitative estimate of drug-likeness (QED) is 0.630. The monoisotopic (exact) mass is 301 g/mol. The van der Waals surface area contributed by atoms with E-state index in [1.54, 1.807) is 0 Å². The van der Waals surface area contributed by atoms with Gasteiger partial charge in [0.1, 0.15) is 6.54 Å². The van der Waals surface area contributed by atoms with Gasteiger partial charge >= 0.3 is 5.97 Å². The van der Waals surface area contributed by atoms with Gasteiger partial charge in [-0.1, -0.05) is 27.7 Å². The summed E-state index contributed by atoms with van der Waals surface area (Å²) in [6, 6.07) is 3.26. The second-order valence-corrected chi connectivity index (χ2v) is 2.93. The minimum Gasteiger partial charge on any atom is -0.480 e. The third kappa shape index (κ3) is 6.85. The topological polar surface area (TPSA) is 136 Å². The van der Waals surface area contributed by atoms with Crippen LogP contribution in [0.2, 0.25) is 0 Å².